The summed E-state index contributed by atoms with van der Waals surface area (Å²) in [6.07, 6.45) is 3.22. The van der Waals surface area contributed by atoms with Crippen molar-refractivity contribution < 1.29 is 9.63 Å². The molecule has 1 rings (SSSR count). The molecule has 1 N–H and O–H groups in total. The monoisotopic (exact) mass is 262 g/mol. The van der Waals surface area contributed by atoms with Gasteiger partial charge in [-0.15, -0.1) is 0 Å². The van der Waals surface area contributed by atoms with Crippen LogP contribution in [0.4, 0.5) is 5.69 Å². The number of amides is 1. The van der Waals surface area contributed by atoms with Crippen LogP contribution in [0.25, 0.3) is 6.08 Å². The minimum Gasteiger partial charge on any atom is -0.378 e. The Labute approximate surface area is 115 Å². The van der Waals surface area contributed by atoms with Crippen molar-refractivity contribution in [2.45, 2.75) is 13.8 Å². The highest BCUT2D eigenvalue weighted by Gasteiger charge is 1.98. The Kier molecular flexibility index (Phi) is 6.09. The van der Waals surface area contributed by atoms with Crippen LogP contribution in [-0.4, -0.2) is 26.6 Å². The number of anilines is 1. The normalized spacial score (nSPS) is 11.0. The Morgan fingerprint density at radius 3 is 2.47 bits per heavy atom. The Hall–Kier alpha value is -1.81. The molecule has 0 aromatic heterocycles. The molecule has 4 nitrogen and oxygen atoms in total. The van der Waals surface area contributed by atoms with Crippen LogP contribution in [0.1, 0.15) is 19.4 Å². The average molecular weight is 262 g/mol. The zero-order valence-corrected chi connectivity index (χ0v) is 12.0. The third kappa shape index (κ3) is 6.06. The van der Waals surface area contributed by atoms with Gasteiger partial charge in [-0.3, -0.25) is 9.63 Å². The summed E-state index contributed by atoms with van der Waals surface area (Å²) in [6.45, 7) is 4.56. The fourth-order valence-corrected chi connectivity index (χ4v) is 1.37. The molecular formula is C15H22N2O2. The van der Waals surface area contributed by atoms with Gasteiger partial charge >= 0.3 is 0 Å². The van der Waals surface area contributed by atoms with E-state index in [1.54, 1.807) is 6.08 Å². The van der Waals surface area contributed by atoms with Crippen molar-refractivity contribution in [3.63, 3.8) is 0 Å². The fraction of sp³-hybridized carbons (Fsp3) is 0.400. The van der Waals surface area contributed by atoms with Crippen molar-refractivity contribution in [1.29, 1.82) is 0 Å². The summed E-state index contributed by atoms with van der Waals surface area (Å²) >= 11 is 0. The highest BCUT2D eigenvalue weighted by molar-refractivity contribution is 5.90. The molecule has 4 heteroatoms. The summed E-state index contributed by atoms with van der Waals surface area (Å²) in [5, 5.41) is 0. The largest absolute Gasteiger partial charge is 0.378 e. The van der Waals surface area contributed by atoms with Gasteiger partial charge in [0.15, 0.2) is 0 Å². The molecule has 0 aliphatic carbocycles. The molecule has 1 aromatic carbocycles. The van der Waals surface area contributed by atoms with Gasteiger partial charge in [0, 0.05) is 25.9 Å². The van der Waals surface area contributed by atoms with Crippen LogP contribution in [0.5, 0.6) is 0 Å². The van der Waals surface area contributed by atoms with Gasteiger partial charge in [-0.25, -0.2) is 5.48 Å². The van der Waals surface area contributed by atoms with E-state index in [-0.39, 0.29) is 5.91 Å². The number of hydrogen-bond acceptors (Lipinski definition) is 3. The van der Waals surface area contributed by atoms with Crippen molar-refractivity contribution in [1.82, 2.24) is 5.48 Å². The van der Waals surface area contributed by atoms with E-state index in [2.05, 4.69) is 5.48 Å². The van der Waals surface area contributed by atoms with E-state index in [4.69, 9.17) is 4.84 Å². The van der Waals surface area contributed by atoms with E-state index in [1.165, 1.54) is 6.08 Å². The summed E-state index contributed by atoms with van der Waals surface area (Å²) < 4.78 is 0. The molecule has 104 valence electrons. The standard InChI is InChI=1S/C15H22N2O2/c1-12(2)11-19-16-15(18)10-7-13-5-8-14(9-6-13)17(3)4/h5-10,12H,11H2,1-4H3,(H,16,18)/b10-7+. The Balaban J connectivity index is 2.45. The maximum Gasteiger partial charge on any atom is 0.267 e. The lowest BCUT2D eigenvalue weighted by Gasteiger charge is -2.11. The topological polar surface area (TPSA) is 41.6 Å². The second-order valence-corrected chi connectivity index (χ2v) is 4.99. The Morgan fingerprint density at radius 2 is 1.95 bits per heavy atom. The summed E-state index contributed by atoms with van der Waals surface area (Å²) in [6, 6.07) is 7.95. The first kappa shape index (κ1) is 15.2. The number of hydrogen-bond donors (Lipinski definition) is 1. The maximum absolute atomic E-state index is 11.4. The Morgan fingerprint density at radius 1 is 1.32 bits per heavy atom. The second-order valence-electron chi connectivity index (χ2n) is 4.99. The number of nitrogens with one attached hydrogen (secondary N) is 1. The molecule has 0 saturated heterocycles. The zero-order valence-electron chi connectivity index (χ0n) is 12.0. The van der Waals surface area contributed by atoms with E-state index in [0.29, 0.717) is 12.5 Å². The molecule has 0 atom stereocenters. The van der Waals surface area contributed by atoms with E-state index >= 15 is 0 Å². The van der Waals surface area contributed by atoms with E-state index in [0.717, 1.165) is 11.3 Å². The molecule has 1 amide bonds. The van der Waals surface area contributed by atoms with E-state index in [1.807, 2.05) is 57.1 Å². The van der Waals surface area contributed by atoms with Crippen molar-refractivity contribution in [2.75, 3.05) is 25.6 Å². The van der Waals surface area contributed by atoms with Crippen LogP contribution in [0.15, 0.2) is 30.3 Å². The van der Waals surface area contributed by atoms with Crippen molar-refractivity contribution >= 4 is 17.7 Å². The lowest BCUT2D eigenvalue weighted by molar-refractivity contribution is -0.129. The number of carbonyl (C=O) groups excluding carboxylic acids is 1. The third-order valence-corrected chi connectivity index (χ3v) is 2.43. The van der Waals surface area contributed by atoms with Crippen molar-refractivity contribution in [3.05, 3.63) is 35.9 Å². The van der Waals surface area contributed by atoms with Gasteiger partial charge in [-0.05, 0) is 29.7 Å². The minimum absolute atomic E-state index is 0.252. The van der Waals surface area contributed by atoms with Crippen LogP contribution in [-0.2, 0) is 9.63 Å². The van der Waals surface area contributed by atoms with Crippen LogP contribution >= 0.6 is 0 Å². The van der Waals surface area contributed by atoms with Gasteiger partial charge in [0.1, 0.15) is 0 Å². The molecule has 1 aromatic rings. The predicted molar refractivity (Wildman–Crippen MR) is 78.7 cm³/mol. The summed E-state index contributed by atoms with van der Waals surface area (Å²) in [5.74, 6) is 0.139. The number of nitrogens with zero attached hydrogens (tertiary/aromatic N) is 1. The number of hydroxylamine groups is 1. The molecule has 0 aliphatic heterocycles. The molecule has 0 heterocycles. The van der Waals surface area contributed by atoms with Crippen LogP contribution < -0.4 is 10.4 Å². The highest BCUT2D eigenvalue weighted by Crippen LogP contribution is 2.12. The fourth-order valence-electron chi connectivity index (χ4n) is 1.37. The molecule has 0 aliphatic rings. The lowest BCUT2D eigenvalue weighted by Crippen LogP contribution is -2.23. The predicted octanol–water partition coefficient (Wildman–Crippen LogP) is 2.47. The SMILES string of the molecule is CC(C)CONC(=O)/C=C/c1ccc(N(C)C)cc1. The van der Waals surface area contributed by atoms with Gasteiger partial charge in [0.2, 0.25) is 0 Å². The lowest BCUT2D eigenvalue weighted by atomic mass is 10.2. The van der Waals surface area contributed by atoms with Crippen LogP contribution in [0, 0.1) is 5.92 Å². The minimum atomic E-state index is -0.252. The van der Waals surface area contributed by atoms with Crippen molar-refractivity contribution in [3.8, 4) is 0 Å². The molecule has 0 spiro atoms. The quantitative estimate of drug-likeness (QED) is 0.632. The number of carbonyl (C=O) groups is 1. The number of benzene rings is 1. The Bertz CT molecular complexity index is 422. The second kappa shape index (κ2) is 7.59. The van der Waals surface area contributed by atoms with Crippen LogP contribution in [0.3, 0.4) is 0 Å². The van der Waals surface area contributed by atoms with Crippen LogP contribution in [0.2, 0.25) is 0 Å². The average Bonchev–Trinajstić information content (AvgIpc) is 2.36. The molecule has 0 bridgehead atoms. The summed E-state index contributed by atoms with van der Waals surface area (Å²) in [5.41, 5.74) is 4.48. The molecule has 19 heavy (non-hydrogen) atoms. The first-order chi connectivity index (χ1) is 8.99. The van der Waals surface area contributed by atoms with Crippen molar-refractivity contribution in [2.24, 2.45) is 5.92 Å². The van der Waals surface area contributed by atoms with Gasteiger partial charge < -0.3 is 4.90 Å². The third-order valence-electron chi connectivity index (χ3n) is 2.43. The molecule has 0 fully saturated rings. The summed E-state index contributed by atoms with van der Waals surface area (Å²) in [7, 11) is 3.98. The zero-order chi connectivity index (χ0) is 14.3. The smallest absolute Gasteiger partial charge is 0.267 e. The first-order valence-corrected chi connectivity index (χ1v) is 6.36. The van der Waals surface area contributed by atoms with Gasteiger partial charge in [-0.1, -0.05) is 26.0 Å². The molecule has 0 unspecified atom stereocenters. The number of rotatable bonds is 6. The maximum atomic E-state index is 11.4. The highest BCUT2D eigenvalue weighted by atomic mass is 16.6. The molecule has 0 saturated carbocycles. The van der Waals surface area contributed by atoms with Gasteiger partial charge in [-0.2, -0.15) is 0 Å². The molecule has 0 radical (unpaired) electrons. The van der Waals surface area contributed by atoms with Gasteiger partial charge in [0.05, 0.1) is 6.61 Å². The summed E-state index contributed by atoms with van der Waals surface area (Å²) in [4.78, 5) is 18.5. The first-order valence-electron chi connectivity index (χ1n) is 6.36. The molecular weight excluding hydrogens is 240 g/mol. The van der Waals surface area contributed by atoms with E-state index < -0.39 is 0 Å². The van der Waals surface area contributed by atoms with E-state index in [9.17, 15) is 4.79 Å². The van der Waals surface area contributed by atoms with Gasteiger partial charge in [0.25, 0.3) is 5.91 Å².